The third-order valence-corrected chi connectivity index (χ3v) is 3.50. The summed E-state index contributed by atoms with van der Waals surface area (Å²) >= 11 is 0. The van der Waals surface area contributed by atoms with Crippen molar-refractivity contribution in [2.24, 2.45) is 0 Å². The van der Waals surface area contributed by atoms with Crippen LogP contribution in [0.15, 0.2) is 11.6 Å². The molecule has 4 heteroatoms. The lowest BCUT2D eigenvalue weighted by atomic mass is 9.89. The molecule has 0 spiro atoms. The molecule has 0 aromatic carbocycles. The van der Waals surface area contributed by atoms with Gasteiger partial charge >= 0.3 is 6.09 Å². The highest BCUT2D eigenvalue weighted by Crippen LogP contribution is 2.32. The fourth-order valence-corrected chi connectivity index (χ4v) is 2.87. The fourth-order valence-electron chi connectivity index (χ4n) is 2.87. The molecule has 2 bridgehead atoms. The zero-order chi connectivity index (χ0) is 14.0. The molecule has 0 radical (unpaired) electrons. The molecule has 19 heavy (non-hydrogen) atoms. The largest absolute Gasteiger partial charge is 0.444 e. The first-order valence-corrected chi connectivity index (χ1v) is 7.17. The van der Waals surface area contributed by atoms with E-state index in [4.69, 9.17) is 9.47 Å². The quantitative estimate of drug-likeness (QED) is 0.685. The van der Waals surface area contributed by atoms with Crippen molar-refractivity contribution in [2.75, 3.05) is 13.2 Å². The Morgan fingerprint density at radius 1 is 1.37 bits per heavy atom. The Kier molecular flexibility index (Phi) is 4.19. The second kappa shape index (κ2) is 5.53. The number of rotatable bonds is 1. The van der Waals surface area contributed by atoms with Crippen LogP contribution in [-0.4, -0.2) is 41.9 Å². The molecule has 108 valence electrons. The molecular formula is C15H25NO3. The molecule has 2 aliphatic heterocycles. The molecular weight excluding hydrogens is 242 g/mol. The van der Waals surface area contributed by atoms with E-state index in [1.807, 2.05) is 25.7 Å². The van der Waals surface area contributed by atoms with E-state index >= 15 is 0 Å². The standard InChI is InChI=1S/C15H25NO3/c1-5-6-11-7-12-9-18-10-13(8-11)16(12)14(17)19-15(2,3)4/h6,12-13H,5,7-10H2,1-4H3. The van der Waals surface area contributed by atoms with Crippen molar-refractivity contribution >= 4 is 6.09 Å². The summed E-state index contributed by atoms with van der Waals surface area (Å²) in [6, 6.07) is 0.278. The molecule has 2 rings (SSSR count). The second-order valence-corrected chi connectivity index (χ2v) is 6.41. The predicted octanol–water partition coefficient (Wildman–Crippen LogP) is 3.12. The fraction of sp³-hybridized carbons (Fsp3) is 0.800. The van der Waals surface area contributed by atoms with Crippen molar-refractivity contribution in [1.82, 2.24) is 4.90 Å². The number of allylic oxidation sites excluding steroid dienone is 1. The van der Waals surface area contributed by atoms with E-state index in [0.717, 1.165) is 19.3 Å². The van der Waals surface area contributed by atoms with Gasteiger partial charge in [0.25, 0.3) is 0 Å². The molecule has 0 aromatic rings. The average Bonchev–Trinajstić information content (AvgIpc) is 2.25. The van der Waals surface area contributed by atoms with Crippen LogP contribution in [0.4, 0.5) is 4.79 Å². The van der Waals surface area contributed by atoms with Crippen molar-refractivity contribution in [1.29, 1.82) is 0 Å². The molecule has 0 aliphatic carbocycles. The van der Waals surface area contributed by atoms with Gasteiger partial charge in [-0.2, -0.15) is 0 Å². The SMILES string of the molecule is CCC=C1CC2COCC(C1)N2C(=O)OC(C)(C)C. The summed E-state index contributed by atoms with van der Waals surface area (Å²) in [5.74, 6) is 0. The molecule has 0 saturated carbocycles. The van der Waals surface area contributed by atoms with Crippen molar-refractivity contribution in [3.63, 3.8) is 0 Å². The number of amides is 1. The minimum absolute atomic E-state index is 0.139. The van der Waals surface area contributed by atoms with Gasteiger partial charge in [-0.3, -0.25) is 4.90 Å². The van der Waals surface area contributed by atoms with E-state index in [1.54, 1.807) is 0 Å². The Bertz CT molecular complexity index is 354. The number of hydrogen-bond donors (Lipinski definition) is 0. The Hall–Kier alpha value is -1.03. The van der Waals surface area contributed by atoms with E-state index in [2.05, 4.69) is 13.0 Å². The molecule has 1 amide bonds. The summed E-state index contributed by atoms with van der Waals surface area (Å²) < 4.78 is 11.1. The van der Waals surface area contributed by atoms with Crippen LogP contribution < -0.4 is 0 Å². The van der Waals surface area contributed by atoms with E-state index in [9.17, 15) is 4.79 Å². The first-order valence-electron chi connectivity index (χ1n) is 7.17. The summed E-state index contributed by atoms with van der Waals surface area (Å²) in [5, 5.41) is 0. The normalized spacial score (nSPS) is 27.2. The zero-order valence-electron chi connectivity index (χ0n) is 12.4. The summed E-state index contributed by atoms with van der Waals surface area (Å²) in [5.41, 5.74) is 1.02. The predicted molar refractivity (Wildman–Crippen MR) is 74.1 cm³/mol. The van der Waals surface area contributed by atoms with Gasteiger partial charge in [-0.25, -0.2) is 4.79 Å². The van der Waals surface area contributed by atoms with Gasteiger partial charge in [0.1, 0.15) is 5.60 Å². The van der Waals surface area contributed by atoms with Gasteiger partial charge in [-0.1, -0.05) is 18.6 Å². The highest BCUT2D eigenvalue weighted by molar-refractivity contribution is 5.69. The van der Waals surface area contributed by atoms with Crippen LogP contribution in [-0.2, 0) is 9.47 Å². The van der Waals surface area contributed by atoms with Crippen LogP contribution in [0.5, 0.6) is 0 Å². The van der Waals surface area contributed by atoms with Crippen LogP contribution in [0.3, 0.4) is 0 Å². The van der Waals surface area contributed by atoms with Gasteiger partial charge in [-0.15, -0.1) is 0 Å². The average molecular weight is 267 g/mol. The first kappa shape index (κ1) is 14.4. The van der Waals surface area contributed by atoms with E-state index in [0.29, 0.717) is 13.2 Å². The highest BCUT2D eigenvalue weighted by atomic mass is 16.6. The van der Waals surface area contributed by atoms with Gasteiger partial charge in [0, 0.05) is 0 Å². The second-order valence-electron chi connectivity index (χ2n) is 6.41. The number of nitrogens with zero attached hydrogens (tertiary/aromatic N) is 1. The van der Waals surface area contributed by atoms with Crippen molar-refractivity contribution < 1.29 is 14.3 Å². The van der Waals surface area contributed by atoms with E-state index in [1.165, 1.54) is 5.57 Å². The molecule has 0 aromatic heterocycles. The molecule has 2 unspecified atom stereocenters. The Morgan fingerprint density at radius 2 is 1.95 bits per heavy atom. The summed E-state index contributed by atoms with van der Waals surface area (Å²) in [7, 11) is 0. The minimum Gasteiger partial charge on any atom is -0.444 e. The number of ether oxygens (including phenoxy) is 2. The Morgan fingerprint density at radius 3 is 2.42 bits per heavy atom. The molecule has 2 aliphatic rings. The number of carbonyl (C=O) groups is 1. The maximum Gasteiger partial charge on any atom is 0.410 e. The molecule has 2 atom stereocenters. The van der Waals surface area contributed by atoms with Gasteiger partial charge < -0.3 is 9.47 Å². The summed E-state index contributed by atoms with van der Waals surface area (Å²) in [6.45, 7) is 9.11. The number of fused-ring (bicyclic) bond motifs is 2. The lowest BCUT2D eigenvalue weighted by Gasteiger charge is -2.46. The summed E-state index contributed by atoms with van der Waals surface area (Å²) in [4.78, 5) is 14.2. The van der Waals surface area contributed by atoms with Crippen LogP contribution in [0.2, 0.25) is 0 Å². The maximum absolute atomic E-state index is 12.3. The molecule has 0 N–H and O–H groups in total. The number of carbonyl (C=O) groups excluding carboxylic acids is 1. The van der Waals surface area contributed by atoms with Crippen molar-refractivity contribution in [3.8, 4) is 0 Å². The molecule has 2 fully saturated rings. The lowest BCUT2D eigenvalue weighted by molar-refractivity contribution is -0.0692. The van der Waals surface area contributed by atoms with Gasteiger partial charge in [0.2, 0.25) is 0 Å². The van der Waals surface area contributed by atoms with E-state index in [-0.39, 0.29) is 18.2 Å². The third kappa shape index (κ3) is 3.50. The van der Waals surface area contributed by atoms with Gasteiger partial charge in [-0.05, 0) is 40.0 Å². The molecule has 4 nitrogen and oxygen atoms in total. The zero-order valence-corrected chi connectivity index (χ0v) is 12.4. The number of hydrogen-bond acceptors (Lipinski definition) is 3. The lowest BCUT2D eigenvalue weighted by Crippen LogP contribution is -2.58. The monoisotopic (exact) mass is 267 g/mol. The smallest absolute Gasteiger partial charge is 0.410 e. The van der Waals surface area contributed by atoms with Gasteiger partial charge in [0.05, 0.1) is 25.3 Å². The minimum atomic E-state index is -0.439. The third-order valence-electron chi connectivity index (χ3n) is 3.50. The Balaban J connectivity index is 2.10. The molecule has 2 saturated heterocycles. The first-order chi connectivity index (χ1) is 8.90. The Labute approximate surface area is 115 Å². The van der Waals surface area contributed by atoms with Crippen molar-refractivity contribution in [2.45, 2.75) is 64.6 Å². The van der Waals surface area contributed by atoms with Crippen LogP contribution in [0.25, 0.3) is 0 Å². The van der Waals surface area contributed by atoms with E-state index < -0.39 is 5.60 Å². The maximum atomic E-state index is 12.3. The van der Waals surface area contributed by atoms with Crippen LogP contribution >= 0.6 is 0 Å². The topological polar surface area (TPSA) is 38.8 Å². The van der Waals surface area contributed by atoms with Crippen LogP contribution in [0, 0.1) is 0 Å². The number of piperidine rings is 1. The van der Waals surface area contributed by atoms with Crippen LogP contribution in [0.1, 0.15) is 47.0 Å². The highest BCUT2D eigenvalue weighted by Gasteiger charge is 2.41. The summed E-state index contributed by atoms with van der Waals surface area (Å²) in [6.07, 6.45) is 4.99. The van der Waals surface area contributed by atoms with Crippen molar-refractivity contribution in [3.05, 3.63) is 11.6 Å². The number of morpholine rings is 1. The van der Waals surface area contributed by atoms with Gasteiger partial charge in [0.15, 0.2) is 0 Å². The molecule has 2 heterocycles.